The minimum atomic E-state index is -3.17. The van der Waals surface area contributed by atoms with Gasteiger partial charge in [0.25, 0.3) is 0 Å². The predicted molar refractivity (Wildman–Crippen MR) is 65.8 cm³/mol. The summed E-state index contributed by atoms with van der Waals surface area (Å²) >= 11 is 3.33. The summed E-state index contributed by atoms with van der Waals surface area (Å²) in [6.45, 7) is 1.85. The first kappa shape index (κ1) is 12.3. The Balaban J connectivity index is 2.85. The van der Waals surface area contributed by atoms with Gasteiger partial charge in [0.05, 0.1) is 6.26 Å². The Kier molecular flexibility index (Phi) is 3.93. The van der Waals surface area contributed by atoms with Crippen LogP contribution in [0.5, 0.6) is 0 Å². The minimum Gasteiger partial charge on any atom is -0.290 e. The summed E-state index contributed by atoms with van der Waals surface area (Å²) in [6.07, 6.45) is 2.61. The highest BCUT2D eigenvalue weighted by molar-refractivity contribution is 9.10. The fraction of sp³-hybridized carbons (Fsp3) is 0.200. The lowest BCUT2D eigenvalue weighted by Crippen LogP contribution is -2.15. The summed E-state index contributed by atoms with van der Waals surface area (Å²) in [4.78, 5) is 0. The number of sulfonamides is 1. The van der Waals surface area contributed by atoms with Crippen molar-refractivity contribution in [3.05, 3.63) is 40.5 Å². The average Bonchev–Trinajstić information content (AvgIpc) is 2.14. The zero-order valence-electron chi connectivity index (χ0n) is 8.49. The van der Waals surface area contributed by atoms with E-state index < -0.39 is 10.0 Å². The molecule has 0 aliphatic carbocycles. The highest BCUT2D eigenvalue weighted by atomic mass is 79.9. The van der Waals surface area contributed by atoms with Crippen molar-refractivity contribution in [2.24, 2.45) is 0 Å². The molecule has 0 saturated carbocycles. The molecular weight excluding hydrogens is 278 g/mol. The van der Waals surface area contributed by atoms with Crippen molar-refractivity contribution in [1.82, 2.24) is 4.72 Å². The van der Waals surface area contributed by atoms with Crippen LogP contribution in [0.3, 0.4) is 0 Å². The van der Waals surface area contributed by atoms with E-state index in [4.69, 9.17) is 0 Å². The Bertz CT molecular complexity index is 463. The molecule has 0 unspecified atom stereocenters. The van der Waals surface area contributed by atoms with Gasteiger partial charge in [-0.1, -0.05) is 28.1 Å². The number of allylic oxidation sites excluding steroid dienone is 1. The third-order valence-corrected chi connectivity index (χ3v) is 2.86. The molecule has 0 aliphatic rings. The number of hydrogen-bond donors (Lipinski definition) is 1. The van der Waals surface area contributed by atoms with E-state index in [0.29, 0.717) is 0 Å². The number of halogens is 1. The molecule has 0 fully saturated rings. The molecule has 0 radical (unpaired) electrons. The van der Waals surface area contributed by atoms with Crippen LogP contribution < -0.4 is 4.72 Å². The topological polar surface area (TPSA) is 46.2 Å². The zero-order valence-corrected chi connectivity index (χ0v) is 10.9. The van der Waals surface area contributed by atoms with Crippen LogP contribution in [0, 0.1) is 0 Å². The first-order valence-electron chi connectivity index (χ1n) is 4.28. The van der Waals surface area contributed by atoms with Crippen LogP contribution >= 0.6 is 15.9 Å². The van der Waals surface area contributed by atoms with E-state index in [2.05, 4.69) is 20.7 Å². The zero-order chi connectivity index (χ0) is 11.5. The molecular formula is C10H12BrNO2S. The third-order valence-electron chi connectivity index (χ3n) is 1.79. The summed E-state index contributed by atoms with van der Waals surface area (Å²) < 4.78 is 25.0. The molecule has 82 valence electrons. The van der Waals surface area contributed by atoms with Crippen molar-refractivity contribution >= 4 is 31.5 Å². The molecule has 0 saturated heterocycles. The van der Waals surface area contributed by atoms with E-state index in [-0.39, 0.29) is 0 Å². The minimum absolute atomic E-state index is 0.868. The van der Waals surface area contributed by atoms with Crippen molar-refractivity contribution in [2.45, 2.75) is 6.92 Å². The molecule has 1 aromatic carbocycles. The van der Waals surface area contributed by atoms with Crippen LogP contribution in [0.1, 0.15) is 12.5 Å². The molecule has 1 N–H and O–H groups in total. The number of rotatable bonds is 3. The Morgan fingerprint density at radius 1 is 1.33 bits per heavy atom. The second kappa shape index (κ2) is 4.81. The molecule has 5 heteroatoms. The monoisotopic (exact) mass is 289 g/mol. The Morgan fingerprint density at radius 2 is 1.87 bits per heavy atom. The molecule has 15 heavy (non-hydrogen) atoms. The Labute approximate surface area is 98.4 Å². The number of hydrogen-bond acceptors (Lipinski definition) is 2. The maximum absolute atomic E-state index is 10.9. The normalized spacial score (nSPS) is 12.6. The van der Waals surface area contributed by atoms with Crippen LogP contribution in [-0.4, -0.2) is 14.7 Å². The molecule has 0 spiro atoms. The fourth-order valence-electron chi connectivity index (χ4n) is 0.992. The lowest BCUT2D eigenvalue weighted by Gasteiger charge is -2.02. The summed E-state index contributed by atoms with van der Waals surface area (Å²) in [5.74, 6) is 0. The van der Waals surface area contributed by atoms with Gasteiger partial charge in [-0.25, -0.2) is 8.42 Å². The summed E-state index contributed by atoms with van der Waals surface area (Å²) in [7, 11) is -3.17. The van der Waals surface area contributed by atoms with Crippen molar-refractivity contribution in [3.63, 3.8) is 0 Å². The van der Waals surface area contributed by atoms with Crippen LogP contribution in [0.2, 0.25) is 0 Å². The van der Waals surface area contributed by atoms with Gasteiger partial charge in [-0.3, -0.25) is 4.72 Å². The maximum Gasteiger partial charge on any atom is 0.229 e. The van der Waals surface area contributed by atoms with Crippen molar-refractivity contribution in [1.29, 1.82) is 0 Å². The lowest BCUT2D eigenvalue weighted by molar-refractivity contribution is 0.596. The quantitative estimate of drug-likeness (QED) is 0.929. The van der Waals surface area contributed by atoms with E-state index in [0.717, 1.165) is 21.9 Å². The van der Waals surface area contributed by atoms with Crippen LogP contribution in [0.4, 0.5) is 0 Å². The number of benzene rings is 1. The van der Waals surface area contributed by atoms with Gasteiger partial charge in [0, 0.05) is 10.7 Å². The summed E-state index contributed by atoms with van der Waals surface area (Å²) in [5.41, 5.74) is 1.85. The first-order valence-corrected chi connectivity index (χ1v) is 6.97. The van der Waals surface area contributed by atoms with Gasteiger partial charge in [0.2, 0.25) is 10.0 Å². The van der Waals surface area contributed by atoms with Crippen molar-refractivity contribution in [3.8, 4) is 0 Å². The highest BCUT2D eigenvalue weighted by Gasteiger charge is 1.98. The van der Waals surface area contributed by atoms with Crippen molar-refractivity contribution in [2.75, 3.05) is 6.26 Å². The van der Waals surface area contributed by atoms with E-state index in [9.17, 15) is 8.42 Å². The fourth-order valence-corrected chi connectivity index (χ4v) is 1.65. The Morgan fingerprint density at radius 3 is 2.33 bits per heavy atom. The SMILES string of the molecule is C/C(=C/NS(C)(=O)=O)c1ccc(Br)cc1. The molecule has 0 amide bonds. The van der Waals surface area contributed by atoms with Gasteiger partial charge in [0.15, 0.2) is 0 Å². The third kappa shape index (κ3) is 4.48. The second-order valence-electron chi connectivity index (χ2n) is 3.22. The molecule has 1 aromatic rings. The molecule has 0 aliphatic heterocycles. The maximum atomic E-state index is 10.9. The molecule has 3 nitrogen and oxygen atoms in total. The highest BCUT2D eigenvalue weighted by Crippen LogP contribution is 2.16. The largest absolute Gasteiger partial charge is 0.290 e. The van der Waals surface area contributed by atoms with E-state index >= 15 is 0 Å². The number of nitrogens with one attached hydrogen (secondary N) is 1. The Hall–Kier alpha value is -0.810. The van der Waals surface area contributed by atoms with Gasteiger partial charge in [-0.15, -0.1) is 0 Å². The second-order valence-corrected chi connectivity index (χ2v) is 5.92. The molecule has 0 heterocycles. The molecule has 0 aromatic heterocycles. The van der Waals surface area contributed by atoms with Gasteiger partial charge in [-0.05, 0) is 30.2 Å². The average molecular weight is 290 g/mol. The summed E-state index contributed by atoms with van der Waals surface area (Å²) in [6, 6.07) is 7.65. The lowest BCUT2D eigenvalue weighted by atomic mass is 10.1. The van der Waals surface area contributed by atoms with Gasteiger partial charge >= 0.3 is 0 Å². The molecule has 0 bridgehead atoms. The smallest absolute Gasteiger partial charge is 0.229 e. The molecule has 0 atom stereocenters. The summed E-state index contributed by atoms with van der Waals surface area (Å²) in [5, 5.41) is 0. The molecule has 1 rings (SSSR count). The van der Waals surface area contributed by atoms with Crippen molar-refractivity contribution < 1.29 is 8.42 Å². The standard InChI is InChI=1S/C10H12BrNO2S/c1-8(7-12-15(2,13)14)9-3-5-10(11)6-4-9/h3-7,12H,1-2H3/b8-7-. The van der Waals surface area contributed by atoms with E-state index in [1.54, 1.807) is 0 Å². The van der Waals surface area contributed by atoms with Gasteiger partial charge in [0.1, 0.15) is 0 Å². The van der Waals surface area contributed by atoms with Crippen LogP contribution in [0.15, 0.2) is 34.9 Å². The predicted octanol–water partition coefficient (Wildman–Crippen LogP) is 2.36. The van der Waals surface area contributed by atoms with E-state index in [1.165, 1.54) is 6.20 Å². The van der Waals surface area contributed by atoms with Gasteiger partial charge < -0.3 is 0 Å². The van der Waals surface area contributed by atoms with E-state index in [1.807, 2.05) is 31.2 Å². The first-order chi connectivity index (χ1) is 6.88. The van der Waals surface area contributed by atoms with Crippen LogP contribution in [0.25, 0.3) is 5.57 Å². The van der Waals surface area contributed by atoms with Gasteiger partial charge in [-0.2, -0.15) is 0 Å². The van der Waals surface area contributed by atoms with Crippen LogP contribution in [-0.2, 0) is 10.0 Å².